The number of rotatable bonds is 5. The van der Waals surface area contributed by atoms with Gasteiger partial charge in [-0.15, -0.1) is 11.3 Å². The molecule has 1 fully saturated rings. The molecule has 0 saturated carbocycles. The van der Waals surface area contributed by atoms with Gasteiger partial charge in [-0.25, -0.2) is 18.1 Å². The Bertz CT molecular complexity index is 464. The first-order valence-corrected chi connectivity index (χ1v) is 8.20. The van der Waals surface area contributed by atoms with Crippen LogP contribution in [0.5, 0.6) is 0 Å². The molecule has 5 nitrogen and oxygen atoms in total. The Hall–Kier alpha value is -0.500. The average molecular weight is 275 g/mol. The van der Waals surface area contributed by atoms with Crippen molar-refractivity contribution < 1.29 is 8.42 Å². The second kappa shape index (κ2) is 5.43. The van der Waals surface area contributed by atoms with Crippen molar-refractivity contribution in [1.82, 2.24) is 15.0 Å². The van der Waals surface area contributed by atoms with Crippen LogP contribution < -0.4 is 10.0 Å². The molecule has 0 aromatic carbocycles. The molecule has 1 unspecified atom stereocenters. The predicted octanol–water partition coefficient (Wildman–Crippen LogP) is 0.623. The second-order valence-corrected chi connectivity index (χ2v) is 7.17. The molecule has 1 aromatic heterocycles. The summed E-state index contributed by atoms with van der Waals surface area (Å²) in [6.07, 6.45) is 2.00. The van der Waals surface area contributed by atoms with Crippen molar-refractivity contribution in [3.05, 3.63) is 16.1 Å². The maximum Gasteiger partial charge on any atom is 0.213 e. The van der Waals surface area contributed by atoms with Gasteiger partial charge in [0, 0.05) is 11.4 Å². The quantitative estimate of drug-likeness (QED) is 0.826. The average Bonchev–Trinajstić information content (AvgIpc) is 2.86. The van der Waals surface area contributed by atoms with Gasteiger partial charge in [-0.1, -0.05) is 0 Å². The van der Waals surface area contributed by atoms with Crippen molar-refractivity contribution in [2.75, 3.05) is 12.3 Å². The van der Waals surface area contributed by atoms with Crippen LogP contribution in [0.15, 0.2) is 5.38 Å². The van der Waals surface area contributed by atoms with E-state index < -0.39 is 10.0 Å². The fourth-order valence-electron chi connectivity index (χ4n) is 1.90. The Kier molecular flexibility index (Phi) is 4.13. The predicted molar refractivity (Wildman–Crippen MR) is 68.5 cm³/mol. The molecule has 0 bridgehead atoms. The van der Waals surface area contributed by atoms with E-state index in [2.05, 4.69) is 15.0 Å². The minimum Gasteiger partial charge on any atom is -0.313 e. The Balaban J connectivity index is 1.84. The summed E-state index contributed by atoms with van der Waals surface area (Å²) < 4.78 is 26.2. The molecule has 96 valence electrons. The Labute approximate surface area is 106 Å². The molecule has 1 aromatic rings. The van der Waals surface area contributed by atoms with E-state index in [4.69, 9.17) is 0 Å². The minimum absolute atomic E-state index is 0.102. The summed E-state index contributed by atoms with van der Waals surface area (Å²) in [5.74, 6) is 0.163. The maximum atomic E-state index is 11.8. The van der Waals surface area contributed by atoms with Crippen molar-refractivity contribution in [2.24, 2.45) is 0 Å². The molecular weight excluding hydrogens is 258 g/mol. The van der Waals surface area contributed by atoms with Crippen LogP contribution in [0.4, 0.5) is 0 Å². The largest absolute Gasteiger partial charge is 0.313 e. The molecule has 2 rings (SSSR count). The van der Waals surface area contributed by atoms with Gasteiger partial charge in [-0.2, -0.15) is 0 Å². The van der Waals surface area contributed by atoms with Gasteiger partial charge in [-0.05, 0) is 26.3 Å². The van der Waals surface area contributed by atoms with E-state index in [9.17, 15) is 8.42 Å². The van der Waals surface area contributed by atoms with Crippen molar-refractivity contribution in [2.45, 2.75) is 32.4 Å². The molecule has 17 heavy (non-hydrogen) atoms. The summed E-state index contributed by atoms with van der Waals surface area (Å²) >= 11 is 1.53. The fraction of sp³-hybridized carbons (Fsp3) is 0.700. The first kappa shape index (κ1) is 12.9. The smallest absolute Gasteiger partial charge is 0.213 e. The summed E-state index contributed by atoms with van der Waals surface area (Å²) in [5.41, 5.74) is 0.787. The molecule has 1 atom stereocenters. The van der Waals surface area contributed by atoms with Crippen LogP contribution in [0.2, 0.25) is 0 Å². The van der Waals surface area contributed by atoms with Gasteiger partial charge >= 0.3 is 0 Å². The van der Waals surface area contributed by atoms with Crippen molar-refractivity contribution in [3.8, 4) is 0 Å². The lowest BCUT2D eigenvalue weighted by molar-refractivity contribution is 0.563. The van der Waals surface area contributed by atoms with Crippen molar-refractivity contribution in [3.63, 3.8) is 0 Å². The third-order valence-electron chi connectivity index (χ3n) is 2.72. The van der Waals surface area contributed by atoms with E-state index in [0.717, 1.165) is 30.1 Å². The zero-order chi connectivity index (χ0) is 12.3. The van der Waals surface area contributed by atoms with Gasteiger partial charge in [0.2, 0.25) is 10.0 Å². The third-order valence-corrected chi connectivity index (χ3v) is 4.97. The number of nitrogens with one attached hydrogen (secondary N) is 2. The van der Waals surface area contributed by atoms with Crippen LogP contribution in [0.1, 0.15) is 23.5 Å². The molecule has 0 aliphatic carbocycles. The molecular formula is C10H17N3O2S2. The summed E-state index contributed by atoms with van der Waals surface area (Å²) in [7, 11) is -3.20. The summed E-state index contributed by atoms with van der Waals surface area (Å²) in [5, 5.41) is 6.02. The number of thiazole rings is 1. The van der Waals surface area contributed by atoms with Crippen LogP contribution in [0.25, 0.3) is 0 Å². The number of hydrogen-bond acceptors (Lipinski definition) is 5. The zero-order valence-electron chi connectivity index (χ0n) is 9.77. The Morgan fingerprint density at radius 2 is 2.47 bits per heavy atom. The van der Waals surface area contributed by atoms with Crippen LogP contribution in [0.3, 0.4) is 0 Å². The number of aryl methyl sites for hydroxylation is 1. The van der Waals surface area contributed by atoms with E-state index in [1.54, 1.807) is 0 Å². The van der Waals surface area contributed by atoms with E-state index in [0.29, 0.717) is 6.54 Å². The number of nitrogens with zero attached hydrogens (tertiary/aromatic N) is 1. The molecule has 2 heterocycles. The fourth-order valence-corrected chi connectivity index (χ4v) is 3.81. The standard InChI is InChI=1S/C10H17N3O2S2/c1-8-13-10(6-16-8)5-12-17(14,15)7-9-3-2-4-11-9/h6,9,11-12H,2-5,7H2,1H3. The summed E-state index contributed by atoms with van der Waals surface area (Å²) in [6, 6.07) is 0.102. The molecule has 1 saturated heterocycles. The van der Waals surface area contributed by atoms with E-state index in [1.165, 1.54) is 11.3 Å². The lowest BCUT2D eigenvalue weighted by Crippen LogP contribution is -2.36. The number of aromatic nitrogens is 1. The van der Waals surface area contributed by atoms with Crippen LogP contribution in [0, 0.1) is 6.92 Å². The molecule has 0 amide bonds. The van der Waals surface area contributed by atoms with Crippen LogP contribution >= 0.6 is 11.3 Å². The molecule has 0 radical (unpaired) electrons. The Morgan fingerprint density at radius 1 is 1.65 bits per heavy atom. The minimum atomic E-state index is -3.20. The molecule has 0 spiro atoms. The molecule has 1 aliphatic rings. The van der Waals surface area contributed by atoms with Gasteiger partial charge in [0.25, 0.3) is 0 Å². The zero-order valence-corrected chi connectivity index (χ0v) is 11.4. The highest BCUT2D eigenvalue weighted by Crippen LogP contribution is 2.09. The molecule has 7 heteroatoms. The third kappa shape index (κ3) is 4.02. The monoisotopic (exact) mass is 275 g/mol. The summed E-state index contributed by atoms with van der Waals surface area (Å²) in [4.78, 5) is 4.22. The van der Waals surface area contributed by atoms with Crippen LogP contribution in [-0.2, 0) is 16.6 Å². The highest BCUT2D eigenvalue weighted by Gasteiger charge is 2.21. The molecule has 2 N–H and O–H groups in total. The van der Waals surface area contributed by atoms with E-state index in [1.807, 2.05) is 12.3 Å². The van der Waals surface area contributed by atoms with Gasteiger partial charge in [0.05, 0.1) is 23.0 Å². The lowest BCUT2D eigenvalue weighted by Gasteiger charge is -2.11. The van der Waals surface area contributed by atoms with Crippen molar-refractivity contribution >= 4 is 21.4 Å². The van der Waals surface area contributed by atoms with Gasteiger partial charge < -0.3 is 5.32 Å². The van der Waals surface area contributed by atoms with Crippen molar-refractivity contribution in [1.29, 1.82) is 0 Å². The number of hydrogen-bond donors (Lipinski definition) is 2. The highest BCUT2D eigenvalue weighted by atomic mass is 32.2. The molecule has 1 aliphatic heterocycles. The topological polar surface area (TPSA) is 71.1 Å². The van der Waals surface area contributed by atoms with Crippen LogP contribution in [-0.4, -0.2) is 31.7 Å². The maximum absolute atomic E-state index is 11.8. The lowest BCUT2D eigenvalue weighted by atomic mass is 10.3. The number of sulfonamides is 1. The first-order valence-electron chi connectivity index (χ1n) is 5.67. The van der Waals surface area contributed by atoms with E-state index in [-0.39, 0.29) is 11.8 Å². The van der Waals surface area contributed by atoms with Gasteiger partial charge in [-0.3, -0.25) is 0 Å². The highest BCUT2D eigenvalue weighted by molar-refractivity contribution is 7.89. The van der Waals surface area contributed by atoms with Gasteiger partial charge in [0.15, 0.2) is 0 Å². The van der Waals surface area contributed by atoms with Gasteiger partial charge in [0.1, 0.15) is 0 Å². The normalized spacial score (nSPS) is 20.9. The first-order chi connectivity index (χ1) is 8.05. The van der Waals surface area contributed by atoms with E-state index >= 15 is 0 Å². The Morgan fingerprint density at radius 3 is 3.06 bits per heavy atom. The second-order valence-electron chi connectivity index (χ2n) is 4.25. The summed E-state index contributed by atoms with van der Waals surface area (Å²) in [6.45, 7) is 3.12. The SMILES string of the molecule is Cc1nc(CNS(=O)(=O)CC2CCCN2)cs1.